The molecule has 2 aromatic rings. The first-order valence-corrected chi connectivity index (χ1v) is 7.61. The van der Waals surface area contributed by atoms with E-state index in [2.05, 4.69) is 0 Å². The molecule has 1 saturated heterocycles. The molecule has 1 fully saturated rings. The van der Waals surface area contributed by atoms with E-state index in [4.69, 9.17) is 4.74 Å². The quantitative estimate of drug-likeness (QED) is 0.636. The second kappa shape index (κ2) is 6.18. The molecule has 1 aliphatic heterocycles. The van der Waals surface area contributed by atoms with Crippen molar-refractivity contribution in [3.63, 3.8) is 0 Å². The fourth-order valence-corrected chi connectivity index (χ4v) is 2.87. The van der Waals surface area contributed by atoms with Gasteiger partial charge in [0.2, 0.25) is 5.43 Å². The van der Waals surface area contributed by atoms with E-state index in [1.54, 1.807) is 11.9 Å². The van der Waals surface area contributed by atoms with Crippen molar-refractivity contribution < 1.29 is 22.7 Å². The highest BCUT2D eigenvalue weighted by Gasteiger charge is 2.25. The van der Waals surface area contributed by atoms with Gasteiger partial charge in [-0.1, -0.05) is 0 Å². The Kier molecular flexibility index (Phi) is 4.21. The van der Waals surface area contributed by atoms with E-state index < -0.39 is 34.2 Å². The molecular formula is C16H15F3N2O3. The summed E-state index contributed by atoms with van der Waals surface area (Å²) in [6.07, 6.45) is 2.79. The molecule has 0 bridgehead atoms. The topological polar surface area (TPSA) is 51.5 Å². The maximum Gasteiger partial charge on any atom is 0.343 e. The van der Waals surface area contributed by atoms with Crippen LogP contribution in [0.4, 0.5) is 13.2 Å². The first kappa shape index (κ1) is 16.4. The largest absolute Gasteiger partial charge is 0.462 e. The zero-order chi connectivity index (χ0) is 17.4. The Morgan fingerprint density at radius 1 is 1.21 bits per heavy atom. The molecule has 1 aliphatic rings. The summed E-state index contributed by atoms with van der Waals surface area (Å²) in [6.45, 7) is 2.70. The van der Waals surface area contributed by atoms with Gasteiger partial charge >= 0.3 is 5.97 Å². The molecule has 0 spiro atoms. The van der Waals surface area contributed by atoms with Crippen LogP contribution in [0.15, 0.2) is 17.1 Å². The van der Waals surface area contributed by atoms with Crippen LogP contribution in [0.1, 0.15) is 30.1 Å². The van der Waals surface area contributed by atoms with Crippen LogP contribution in [-0.2, 0) is 4.74 Å². The number of rotatable bonds is 3. The molecule has 0 radical (unpaired) electrons. The number of benzene rings is 1. The molecule has 2 heterocycles. The molecule has 0 atom stereocenters. The monoisotopic (exact) mass is 340 g/mol. The number of ether oxygens (including phenoxy) is 1. The minimum absolute atomic E-state index is 0.0478. The van der Waals surface area contributed by atoms with Gasteiger partial charge in [0.1, 0.15) is 11.1 Å². The van der Waals surface area contributed by atoms with Crippen molar-refractivity contribution in [1.82, 2.24) is 4.68 Å². The highest BCUT2D eigenvalue weighted by atomic mass is 19.2. The SMILES string of the molecule is CCOC(=O)c1cn(N2CCCC2)c2c(F)c(F)c(F)cc2c1=O. The highest BCUT2D eigenvalue weighted by Crippen LogP contribution is 2.23. The summed E-state index contributed by atoms with van der Waals surface area (Å²) < 4.78 is 47.6. The molecule has 24 heavy (non-hydrogen) atoms. The van der Waals surface area contributed by atoms with Gasteiger partial charge in [0, 0.05) is 19.3 Å². The fraction of sp³-hybridized carbons (Fsp3) is 0.375. The molecule has 128 valence electrons. The maximum absolute atomic E-state index is 14.3. The van der Waals surface area contributed by atoms with Crippen molar-refractivity contribution in [3.8, 4) is 0 Å². The number of fused-ring (bicyclic) bond motifs is 1. The first-order valence-electron chi connectivity index (χ1n) is 7.61. The zero-order valence-electron chi connectivity index (χ0n) is 12.9. The standard InChI is InChI=1S/C16H15F3N2O3/c1-2-24-16(23)10-8-21(20-5-3-4-6-20)14-9(15(10)22)7-11(17)12(18)13(14)19/h7-8H,2-6H2,1H3. The summed E-state index contributed by atoms with van der Waals surface area (Å²) in [5, 5.41) is 1.27. The molecule has 0 unspecified atom stereocenters. The first-order chi connectivity index (χ1) is 11.5. The molecule has 0 aliphatic carbocycles. The van der Waals surface area contributed by atoms with Crippen LogP contribution < -0.4 is 10.4 Å². The Hall–Kier alpha value is -2.51. The highest BCUT2D eigenvalue weighted by molar-refractivity contribution is 5.94. The lowest BCUT2D eigenvalue weighted by Crippen LogP contribution is -2.35. The van der Waals surface area contributed by atoms with Gasteiger partial charge in [0.15, 0.2) is 17.5 Å². The number of esters is 1. The number of hydrogen-bond donors (Lipinski definition) is 0. The lowest BCUT2D eigenvalue weighted by molar-refractivity contribution is 0.0524. The van der Waals surface area contributed by atoms with Crippen LogP contribution in [-0.4, -0.2) is 30.3 Å². The Morgan fingerprint density at radius 3 is 2.50 bits per heavy atom. The molecule has 5 nitrogen and oxygen atoms in total. The van der Waals surface area contributed by atoms with Crippen molar-refractivity contribution in [2.24, 2.45) is 0 Å². The summed E-state index contributed by atoms with van der Waals surface area (Å²) in [7, 11) is 0. The summed E-state index contributed by atoms with van der Waals surface area (Å²) in [6, 6.07) is 0.616. The molecule has 0 saturated carbocycles. The lowest BCUT2D eigenvalue weighted by atomic mass is 10.1. The molecule has 1 aromatic carbocycles. The number of carbonyl (C=O) groups is 1. The summed E-state index contributed by atoms with van der Waals surface area (Å²) in [5.41, 5.74) is -1.62. The van der Waals surface area contributed by atoms with Gasteiger partial charge < -0.3 is 9.75 Å². The van der Waals surface area contributed by atoms with Gasteiger partial charge in [-0.25, -0.2) is 18.0 Å². The summed E-state index contributed by atoms with van der Waals surface area (Å²) >= 11 is 0. The third kappa shape index (κ3) is 2.51. The predicted molar refractivity (Wildman–Crippen MR) is 81.2 cm³/mol. The van der Waals surface area contributed by atoms with Crippen LogP contribution in [0, 0.1) is 17.5 Å². The minimum Gasteiger partial charge on any atom is -0.462 e. The van der Waals surface area contributed by atoms with E-state index in [0.29, 0.717) is 19.2 Å². The average molecular weight is 340 g/mol. The molecule has 8 heteroatoms. The number of aromatic nitrogens is 1. The number of carbonyl (C=O) groups excluding carboxylic acids is 1. The van der Waals surface area contributed by atoms with Crippen molar-refractivity contribution in [2.75, 3.05) is 24.7 Å². The number of nitrogens with zero attached hydrogens (tertiary/aromatic N) is 2. The molecule has 1 aromatic heterocycles. The minimum atomic E-state index is -1.65. The molecule has 0 amide bonds. The Labute approximate surface area is 135 Å². The third-order valence-electron chi connectivity index (χ3n) is 3.99. The van der Waals surface area contributed by atoms with Crippen molar-refractivity contribution in [1.29, 1.82) is 0 Å². The normalized spacial score (nSPS) is 14.4. The van der Waals surface area contributed by atoms with Crippen LogP contribution >= 0.6 is 0 Å². The van der Waals surface area contributed by atoms with E-state index >= 15 is 0 Å². The van der Waals surface area contributed by atoms with E-state index in [-0.39, 0.29) is 17.7 Å². The summed E-state index contributed by atoms with van der Waals surface area (Å²) in [4.78, 5) is 24.4. The number of pyridine rings is 1. The Morgan fingerprint density at radius 2 is 1.88 bits per heavy atom. The lowest BCUT2D eigenvalue weighted by Gasteiger charge is -2.24. The van der Waals surface area contributed by atoms with Gasteiger partial charge in [0.05, 0.1) is 12.0 Å². The maximum atomic E-state index is 14.3. The molecular weight excluding hydrogens is 325 g/mol. The fourth-order valence-electron chi connectivity index (χ4n) is 2.87. The average Bonchev–Trinajstić information content (AvgIpc) is 3.08. The van der Waals surface area contributed by atoms with E-state index in [1.165, 1.54) is 4.68 Å². The predicted octanol–water partition coefficient (Wildman–Crippen LogP) is 2.33. The number of halogens is 3. The molecule has 0 N–H and O–H groups in total. The number of hydrogen-bond acceptors (Lipinski definition) is 4. The van der Waals surface area contributed by atoms with Crippen LogP contribution in [0.3, 0.4) is 0 Å². The Balaban J connectivity index is 2.37. The van der Waals surface area contributed by atoms with Gasteiger partial charge in [-0.2, -0.15) is 0 Å². The van der Waals surface area contributed by atoms with Crippen LogP contribution in [0.25, 0.3) is 10.9 Å². The third-order valence-corrected chi connectivity index (χ3v) is 3.99. The summed E-state index contributed by atoms with van der Waals surface area (Å²) in [5.74, 6) is -5.48. The Bertz CT molecular complexity index is 873. The van der Waals surface area contributed by atoms with E-state index in [0.717, 1.165) is 19.0 Å². The van der Waals surface area contributed by atoms with E-state index in [1.807, 2.05) is 0 Å². The van der Waals surface area contributed by atoms with E-state index in [9.17, 15) is 22.8 Å². The van der Waals surface area contributed by atoms with Crippen LogP contribution in [0.2, 0.25) is 0 Å². The zero-order valence-corrected chi connectivity index (χ0v) is 12.9. The van der Waals surface area contributed by atoms with Crippen molar-refractivity contribution in [3.05, 3.63) is 45.5 Å². The van der Waals surface area contributed by atoms with Gasteiger partial charge in [0.25, 0.3) is 0 Å². The van der Waals surface area contributed by atoms with Crippen molar-refractivity contribution in [2.45, 2.75) is 19.8 Å². The smallest absolute Gasteiger partial charge is 0.343 e. The van der Waals surface area contributed by atoms with Gasteiger partial charge in [-0.05, 0) is 25.8 Å². The van der Waals surface area contributed by atoms with Gasteiger partial charge in [-0.3, -0.25) is 9.47 Å². The second-order valence-electron chi connectivity index (χ2n) is 5.48. The molecule has 3 rings (SSSR count). The van der Waals surface area contributed by atoms with Gasteiger partial charge in [-0.15, -0.1) is 0 Å². The van der Waals surface area contributed by atoms with Crippen molar-refractivity contribution >= 4 is 16.9 Å². The second-order valence-corrected chi connectivity index (χ2v) is 5.48. The van der Waals surface area contributed by atoms with Crippen LogP contribution in [0.5, 0.6) is 0 Å².